The van der Waals surface area contributed by atoms with Crippen LogP contribution >= 0.6 is 23.4 Å². The number of nitrogens with zero attached hydrogens (tertiary/aromatic N) is 3. The maximum atomic E-state index is 12.4. The van der Waals surface area contributed by atoms with E-state index in [1.807, 2.05) is 13.0 Å². The molecule has 1 heterocycles. The van der Waals surface area contributed by atoms with Crippen molar-refractivity contribution in [3.05, 3.63) is 34.6 Å². The van der Waals surface area contributed by atoms with E-state index in [0.717, 1.165) is 30.7 Å². The van der Waals surface area contributed by atoms with E-state index in [1.54, 1.807) is 19.1 Å². The number of amides is 1. The highest BCUT2D eigenvalue weighted by Gasteiger charge is 2.20. The van der Waals surface area contributed by atoms with Crippen LogP contribution in [0, 0.1) is 6.92 Å². The van der Waals surface area contributed by atoms with Crippen molar-refractivity contribution < 1.29 is 4.79 Å². The van der Waals surface area contributed by atoms with Gasteiger partial charge < -0.3 is 11.2 Å². The molecular weight excluding hydrogens is 346 g/mol. The summed E-state index contributed by atoms with van der Waals surface area (Å²) in [5.74, 6) is 6.61. The number of aryl methyl sites for hydroxylation is 1. The molecule has 0 aliphatic rings. The van der Waals surface area contributed by atoms with Gasteiger partial charge in [0.2, 0.25) is 11.1 Å². The van der Waals surface area contributed by atoms with Gasteiger partial charge in [0, 0.05) is 17.1 Å². The summed E-state index contributed by atoms with van der Waals surface area (Å²) >= 11 is 7.36. The van der Waals surface area contributed by atoms with E-state index in [2.05, 4.69) is 22.4 Å². The largest absolute Gasteiger partial charge is 0.336 e. The average molecular weight is 368 g/mol. The third-order valence-electron chi connectivity index (χ3n) is 3.67. The minimum atomic E-state index is -0.367. The topological polar surface area (TPSA) is 85.8 Å². The summed E-state index contributed by atoms with van der Waals surface area (Å²) in [6, 6.07) is 5.42. The summed E-state index contributed by atoms with van der Waals surface area (Å²) in [5, 5.41) is 11.8. The molecule has 0 bridgehead atoms. The number of rotatable bonds is 7. The van der Waals surface area contributed by atoms with E-state index in [-0.39, 0.29) is 11.2 Å². The van der Waals surface area contributed by atoms with E-state index < -0.39 is 0 Å². The molecular formula is C16H22ClN5OS. The van der Waals surface area contributed by atoms with E-state index >= 15 is 0 Å². The lowest BCUT2D eigenvalue weighted by atomic mass is 10.2. The van der Waals surface area contributed by atoms with Crippen molar-refractivity contribution >= 4 is 35.0 Å². The molecule has 0 aliphatic carbocycles. The van der Waals surface area contributed by atoms with Crippen LogP contribution in [0.5, 0.6) is 0 Å². The Kier molecular flexibility index (Phi) is 6.51. The van der Waals surface area contributed by atoms with Crippen LogP contribution in [0.4, 0.5) is 5.69 Å². The number of unbranched alkanes of at least 4 members (excludes halogenated alkanes) is 1. The molecule has 1 aromatic carbocycles. The van der Waals surface area contributed by atoms with Gasteiger partial charge in [0.15, 0.2) is 5.82 Å². The summed E-state index contributed by atoms with van der Waals surface area (Å²) < 4.78 is 1.47. The minimum absolute atomic E-state index is 0.136. The lowest BCUT2D eigenvalue weighted by Gasteiger charge is -2.13. The fourth-order valence-electron chi connectivity index (χ4n) is 2.08. The first-order chi connectivity index (χ1) is 11.4. The third kappa shape index (κ3) is 4.42. The lowest BCUT2D eigenvalue weighted by Crippen LogP contribution is -2.24. The Labute approximate surface area is 151 Å². The van der Waals surface area contributed by atoms with Crippen molar-refractivity contribution in [2.24, 2.45) is 0 Å². The number of aromatic nitrogens is 3. The Morgan fingerprint density at radius 1 is 1.46 bits per heavy atom. The molecule has 8 heteroatoms. The predicted molar refractivity (Wildman–Crippen MR) is 98.9 cm³/mol. The molecule has 2 rings (SSSR count). The summed E-state index contributed by atoms with van der Waals surface area (Å²) in [6.07, 6.45) is 2.85. The molecule has 1 aromatic heterocycles. The predicted octanol–water partition coefficient (Wildman–Crippen LogP) is 3.42. The molecule has 0 saturated heterocycles. The van der Waals surface area contributed by atoms with Crippen LogP contribution in [0.25, 0.3) is 0 Å². The van der Waals surface area contributed by atoms with Crippen LogP contribution < -0.4 is 11.2 Å². The number of nitrogens with two attached hydrogens (primary N) is 1. The number of hydrogen-bond donors (Lipinski definition) is 2. The van der Waals surface area contributed by atoms with Crippen LogP contribution in [0.2, 0.25) is 5.02 Å². The number of nitrogen functional groups attached to an aromatic ring is 1. The first-order valence-electron chi connectivity index (χ1n) is 7.86. The fraction of sp³-hybridized carbons (Fsp3) is 0.438. The Balaban J connectivity index is 2.01. The van der Waals surface area contributed by atoms with Gasteiger partial charge in [0.1, 0.15) is 0 Å². The average Bonchev–Trinajstić information content (AvgIpc) is 2.90. The maximum absolute atomic E-state index is 12.4. The van der Waals surface area contributed by atoms with Crippen molar-refractivity contribution in [1.82, 2.24) is 14.9 Å². The highest BCUT2D eigenvalue weighted by atomic mass is 35.5. The second-order valence-electron chi connectivity index (χ2n) is 5.53. The summed E-state index contributed by atoms with van der Waals surface area (Å²) in [7, 11) is 0. The Morgan fingerprint density at radius 3 is 2.92 bits per heavy atom. The molecule has 0 aliphatic heterocycles. The summed E-state index contributed by atoms with van der Waals surface area (Å²) in [6.45, 7) is 5.78. The molecule has 0 spiro atoms. The molecule has 1 amide bonds. The van der Waals surface area contributed by atoms with Crippen LogP contribution in [0.3, 0.4) is 0 Å². The van der Waals surface area contributed by atoms with Crippen LogP contribution in [0.1, 0.15) is 38.1 Å². The number of hydrogen-bond acceptors (Lipinski definition) is 5. The number of thioether (sulfide) groups is 1. The zero-order valence-corrected chi connectivity index (χ0v) is 15.6. The Hall–Kier alpha value is -1.73. The van der Waals surface area contributed by atoms with Gasteiger partial charge in [0.25, 0.3) is 0 Å². The van der Waals surface area contributed by atoms with Crippen LogP contribution in [-0.4, -0.2) is 26.0 Å². The number of carbonyl (C=O) groups is 1. The van der Waals surface area contributed by atoms with E-state index in [4.69, 9.17) is 17.4 Å². The highest BCUT2D eigenvalue weighted by Crippen LogP contribution is 2.26. The molecule has 3 N–H and O–H groups in total. The number of anilines is 1. The number of carbonyl (C=O) groups excluding carboxylic acids is 1. The number of nitrogens with one attached hydrogen (secondary N) is 1. The van der Waals surface area contributed by atoms with Crippen molar-refractivity contribution in [2.75, 3.05) is 11.2 Å². The van der Waals surface area contributed by atoms with Gasteiger partial charge in [-0.3, -0.25) is 4.79 Å². The molecule has 0 radical (unpaired) electrons. The quantitative estimate of drug-likeness (QED) is 0.578. The van der Waals surface area contributed by atoms with Crippen molar-refractivity contribution in [3.8, 4) is 0 Å². The van der Waals surface area contributed by atoms with Crippen molar-refractivity contribution in [3.63, 3.8) is 0 Å². The molecule has 0 fully saturated rings. The van der Waals surface area contributed by atoms with Gasteiger partial charge in [-0.1, -0.05) is 42.8 Å². The van der Waals surface area contributed by atoms with Gasteiger partial charge >= 0.3 is 0 Å². The molecule has 6 nitrogen and oxygen atoms in total. The van der Waals surface area contributed by atoms with Gasteiger partial charge in [0.05, 0.1) is 5.25 Å². The summed E-state index contributed by atoms with van der Waals surface area (Å²) in [5.41, 5.74) is 1.55. The lowest BCUT2D eigenvalue weighted by molar-refractivity contribution is -0.115. The SMILES string of the molecule is CCCCc1nnc(S[C@@H](C)C(=O)Nc2cccc(Cl)c2C)n1N. The molecule has 0 saturated carbocycles. The molecule has 1 atom stereocenters. The summed E-state index contributed by atoms with van der Waals surface area (Å²) in [4.78, 5) is 12.4. The molecule has 24 heavy (non-hydrogen) atoms. The Morgan fingerprint density at radius 2 is 2.21 bits per heavy atom. The second-order valence-corrected chi connectivity index (χ2v) is 7.25. The van der Waals surface area contributed by atoms with Crippen molar-refractivity contribution in [1.29, 1.82) is 0 Å². The molecule has 0 unspecified atom stereocenters. The van der Waals surface area contributed by atoms with E-state index in [9.17, 15) is 4.79 Å². The number of halogens is 1. The standard InChI is InChI=1S/C16H22ClN5OS/c1-4-5-9-14-20-21-16(22(14)18)24-11(3)15(23)19-13-8-6-7-12(17)10(13)2/h6-8,11H,4-5,9,18H2,1-3H3,(H,19,23)/t11-/m0/s1. The van der Waals surface area contributed by atoms with Gasteiger partial charge in [-0.15, -0.1) is 10.2 Å². The zero-order valence-electron chi connectivity index (χ0n) is 14.0. The highest BCUT2D eigenvalue weighted by molar-refractivity contribution is 8.00. The Bertz CT molecular complexity index is 718. The van der Waals surface area contributed by atoms with Gasteiger partial charge in [-0.2, -0.15) is 0 Å². The fourth-order valence-corrected chi connectivity index (χ4v) is 3.05. The van der Waals surface area contributed by atoms with Crippen molar-refractivity contribution in [2.45, 2.75) is 50.4 Å². The van der Waals surface area contributed by atoms with Gasteiger partial charge in [-0.05, 0) is 38.0 Å². The normalized spacial score (nSPS) is 12.2. The monoisotopic (exact) mass is 367 g/mol. The number of benzene rings is 1. The molecule has 130 valence electrons. The second kappa shape index (κ2) is 8.39. The minimum Gasteiger partial charge on any atom is -0.336 e. The van der Waals surface area contributed by atoms with Crippen LogP contribution in [0.15, 0.2) is 23.4 Å². The van der Waals surface area contributed by atoms with E-state index in [1.165, 1.54) is 16.4 Å². The zero-order chi connectivity index (χ0) is 17.7. The van der Waals surface area contributed by atoms with Crippen LogP contribution in [-0.2, 0) is 11.2 Å². The third-order valence-corrected chi connectivity index (χ3v) is 5.13. The van der Waals surface area contributed by atoms with E-state index in [0.29, 0.717) is 15.9 Å². The first-order valence-corrected chi connectivity index (χ1v) is 9.11. The maximum Gasteiger partial charge on any atom is 0.237 e. The smallest absolute Gasteiger partial charge is 0.237 e. The van der Waals surface area contributed by atoms with Gasteiger partial charge in [-0.25, -0.2) is 4.68 Å². The molecule has 2 aromatic rings. The first kappa shape index (κ1) is 18.6.